The summed E-state index contributed by atoms with van der Waals surface area (Å²) in [5.41, 5.74) is 2.82. The first-order chi connectivity index (χ1) is 14.2. The van der Waals surface area contributed by atoms with E-state index in [1.165, 1.54) is 0 Å². The molecule has 0 aliphatic carbocycles. The van der Waals surface area contributed by atoms with Gasteiger partial charge in [-0.3, -0.25) is 4.79 Å². The van der Waals surface area contributed by atoms with Crippen LogP contribution in [0, 0.1) is 0 Å². The normalized spacial score (nSPS) is 11.3. The van der Waals surface area contributed by atoms with Crippen LogP contribution in [0.25, 0.3) is 27.4 Å². The number of pyridine rings is 1. The molecule has 0 N–H and O–H groups in total. The number of furan rings is 1. The zero-order valence-corrected chi connectivity index (χ0v) is 15.7. The van der Waals surface area contributed by atoms with Crippen LogP contribution in [0.4, 0.5) is 0 Å². The molecule has 5 aromatic rings. The molecule has 142 valence electrons. The number of rotatable bonds is 4. The molecular formula is C24H17NO4. The molecule has 0 amide bonds. The van der Waals surface area contributed by atoms with E-state index in [0.29, 0.717) is 22.4 Å². The maximum absolute atomic E-state index is 13.4. The van der Waals surface area contributed by atoms with Crippen LogP contribution in [0.2, 0.25) is 0 Å². The highest BCUT2D eigenvalue weighted by Crippen LogP contribution is 2.28. The number of fused-ring (bicyclic) bond motifs is 4. The molecule has 0 aliphatic heterocycles. The minimum Gasteiger partial charge on any atom is -0.462 e. The zero-order valence-electron chi connectivity index (χ0n) is 15.7. The van der Waals surface area contributed by atoms with Gasteiger partial charge in [0.05, 0.1) is 28.9 Å². The van der Waals surface area contributed by atoms with Crippen molar-refractivity contribution in [3.05, 3.63) is 89.8 Å². The van der Waals surface area contributed by atoms with E-state index in [4.69, 9.17) is 9.15 Å². The fraction of sp³-hybridized carbons (Fsp3) is 0.0833. The minimum atomic E-state index is -0.455. The van der Waals surface area contributed by atoms with E-state index in [1.807, 2.05) is 60.7 Å². The van der Waals surface area contributed by atoms with E-state index < -0.39 is 5.97 Å². The molecule has 0 radical (unpaired) electrons. The molecule has 0 fully saturated rings. The van der Waals surface area contributed by atoms with Crippen LogP contribution < -0.4 is 0 Å². The Morgan fingerprint density at radius 1 is 0.897 bits per heavy atom. The average molecular weight is 383 g/mol. The minimum absolute atomic E-state index is 0.231. The highest BCUT2D eigenvalue weighted by atomic mass is 16.5. The van der Waals surface area contributed by atoms with Crippen molar-refractivity contribution in [1.29, 1.82) is 0 Å². The molecule has 0 unspecified atom stereocenters. The molecule has 3 heterocycles. The molecule has 5 nitrogen and oxygen atoms in total. The second-order valence-corrected chi connectivity index (χ2v) is 6.75. The van der Waals surface area contributed by atoms with E-state index in [2.05, 4.69) is 0 Å². The Hall–Kier alpha value is -3.86. The van der Waals surface area contributed by atoms with Crippen molar-refractivity contribution >= 4 is 39.1 Å². The third kappa shape index (κ3) is 2.70. The lowest BCUT2D eigenvalue weighted by molar-refractivity contribution is 0.0529. The first-order valence-electron chi connectivity index (χ1n) is 9.41. The van der Waals surface area contributed by atoms with Gasteiger partial charge in [0, 0.05) is 5.39 Å². The van der Waals surface area contributed by atoms with Gasteiger partial charge in [0.25, 0.3) is 0 Å². The lowest BCUT2D eigenvalue weighted by Gasteiger charge is -2.06. The van der Waals surface area contributed by atoms with Gasteiger partial charge >= 0.3 is 5.97 Å². The van der Waals surface area contributed by atoms with Crippen LogP contribution in [0.1, 0.15) is 33.5 Å². The Morgan fingerprint density at radius 2 is 1.66 bits per heavy atom. The quantitative estimate of drug-likeness (QED) is 0.314. The van der Waals surface area contributed by atoms with Crippen molar-refractivity contribution in [3.63, 3.8) is 0 Å². The van der Waals surface area contributed by atoms with E-state index in [0.717, 1.165) is 16.3 Å². The molecule has 5 rings (SSSR count). The number of carbonyl (C=O) groups excluding carboxylic acids is 2. The molecule has 29 heavy (non-hydrogen) atoms. The zero-order chi connectivity index (χ0) is 20.0. The molecule has 0 atom stereocenters. The van der Waals surface area contributed by atoms with Gasteiger partial charge in [-0.2, -0.15) is 0 Å². The molecule has 0 aliphatic rings. The highest BCUT2D eigenvalue weighted by molar-refractivity contribution is 6.12. The van der Waals surface area contributed by atoms with E-state index >= 15 is 0 Å². The van der Waals surface area contributed by atoms with Gasteiger partial charge in [-0.25, -0.2) is 4.79 Å². The van der Waals surface area contributed by atoms with E-state index in [1.54, 1.807) is 23.5 Å². The summed E-state index contributed by atoms with van der Waals surface area (Å²) in [7, 11) is 0. The Labute approximate surface area is 166 Å². The summed E-state index contributed by atoms with van der Waals surface area (Å²) in [5.74, 6) is -0.513. The summed E-state index contributed by atoms with van der Waals surface area (Å²) in [4.78, 5) is 25.9. The van der Waals surface area contributed by atoms with Gasteiger partial charge in [0.15, 0.2) is 5.76 Å². The second-order valence-electron chi connectivity index (χ2n) is 6.75. The van der Waals surface area contributed by atoms with Crippen molar-refractivity contribution in [3.8, 4) is 0 Å². The molecule has 0 bridgehead atoms. The third-order valence-electron chi connectivity index (χ3n) is 5.01. The number of ketones is 1. The van der Waals surface area contributed by atoms with Crippen LogP contribution in [0.5, 0.6) is 0 Å². The number of ether oxygens (including phenoxy) is 1. The molecule has 0 saturated carbocycles. The maximum Gasteiger partial charge on any atom is 0.340 e. The maximum atomic E-state index is 13.4. The fourth-order valence-corrected chi connectivity index (χ4v) is 3.71. The van der Waals surface area contributed by atoms with Crippen LogP contribution in [0.3, 0.4) is 0 Å². The van der Waals surface area contributed by atoms with Gasteiger partial charge in [-0.15, -0.1) is 0 Å². The van der Waals surface area contributed by atoms with Gasteiger partial charge in [-0.05, 0) is 42.6 Å². The van der Waals surface area contributed by atoms with Gasteiger partial charge in [0.1, 0.15) is 5.58 Å². The second kappa shape index (κ2) is 6.63. The number of nitrogens with zero attached hydrogens (tertiary/aromatic N) is 1. The first-order valence-corrected chi connectivity index (χ1v) is 9.41. The molecule has 2 aromatic carbocycles. The molecular weight excluding hydrogens is 366 g/mol. The van der Waals surface area contributed by atoms with Gasteiger partial charge in [-0.1, -0.05) is 42.5 Å². The lowest BCUT2D eigenvalue weighted by Crippen LogP contribution is -2.04. The van der Waals surface area contributed by atoms with E-state index in [9.17, 15) is 9.59 Å². The van der Waals surface area contributed by atoms with Crippen molar-refractivity contribution in [2.45, 2.75) is 6.92 Å². The first kappa shape index (κ1) is 17.3. The number of para-hydroxylation sites is 2. The summed E-state index contributed by atoms with van der Waals surface area (Å²) in [6, 6.07) is 22.3. The summed E-state index contributed by atoms with van der Waals surface area (Å²) < 4.78 is 12.8. The smallest absolute Gasteiger partial charge is 0.340 e. The molecule has 0 spiro atoms. The van der Waals surface area contributed by atoms with Crippen molar-refractivity contribution in [2.24, 2.45) is 0 Å². The Balaban J connectivity index is 1.78. The monoisotopic (exact) mass is 383 g/mol. The fourth-order valence-electron chi connectivity index (χ4n) is 3.71. The largest absolute Gasteiger partial charge is 0.462 e. The Kier molecular flexibility index (Phi) is 3.95. The van der Waals surface area contributed by atoms with Crippen molar-refractivity contribution in [1.82, 2.24) is 4.40 Å². The lowest BCUT2D eigenvalue weighted by atomic mass is 10.2. The Bertz CT molecular complexity index is 1370. The predicted octanol–water partition coefficient (Wildman–Crippen LogP) is 5.25. The van der Waals surface area contributed by atoms with Crippen molar-refractivity contribution < 1.29 is 18.7 Å². The summed E-state index contributed by atoms with van der Waals surface area (Å²) >= 11 is 0. The number of hydrogen-bond acceptors (Lipinski definition) is 4. The molecule has 0 saturated heterocycles. The number of benzene rings is 2. The van der Waals surface area contributed by atoms with Crippen LogP contribution in [-0.4, -0.2) is 22.8 Å². The number of carbonyl (C=O) groups is 2. The average Bonchev–Trinajstić information content (AvgIpc) is 3.35. The van der Waals surface area contributed by atoms with Gasteiger partial charge < -0.3 is 13.6 Å². The standard InChI is InChI=1S/C24H17NO4/c1-2-28-24(27)17-14-20(23(26)22-13-16-8-4-6-10-21(16)29-22)25-18-9-5-3-7-15(18)11-12-19(17)25/h3-14H,2H2,1H3. The molecule has 5 heteroatoms. The van der Waals surface area contributed by atoms with Crippen LogP contribution >= 0.6 is 0 Å². The Morgan fingerprint density at radius 3 is 2.45 bits per heavy atom. The number of aromatic nitrogens is 1. The van der Waals surface area contributed by atoms with Gasteiger partial charge in [0.2, 0.25) is 5.78 Å². The van der Waals surface area contributed by atoms with Crippen LogP contribution in [0.15, 0.2) is 77.2 Å². The summed E-state index contributed by atoms with van der Waals surface area (Å²) in [6.07, 6.45) is 0. The third-order valence-corrected chi connectivity index (χ3v) is 5.01. The highest BCUT2D eigenvalue weighted by Gasteiger charge is 2.24. The number of esters is 1. The predicted molar refractivity (Wildman–Crippen MR) is 111 cm³/mol. The summed E-state index contributed by atoms with van der Waals surface area (Å²) in [5, 5.41) is 1.82. The number of hydrogen-bond donors (Lipinski definition) is 0. The van der Waals surface area contributed by atoms with Crippen LogP contribution in [-0.2, 0) is 4.74 Å². The summed E-state index contributed by atoms with van der Waals surface area (Å²) in [6.45, 7) is 2.02. The SMILES string of the molecule is CCOC(=O)c1cc(C(=O)c2cc3ccccc3o2)n2c1ccc1ccccc12. The topological polar surface area (TPSA) is 60.9 Å². The van der Waals surface area contributed by atoms with Crippen molar-refractivity contribution in [2.75, 3.05) is 6.61 Å². The molecule has 3 aromatic heterocycles. The van der Waals surface area contributed by atoms with E-state index in [-0.39, 0.29) is 18.2 Å².